The van der Waals surface area contributed by atoms with Crippen molar-refractivity contribution in [1.82, 2.24) is 14.9 Å². The largest absolute Gasteiger partial charge is 0.370 e. The lowest BCUT2D eigenvalue weighted by Crippen LogP contribution is -2.29. The van der Waals surface area contributed by atoms with Gasteiger partial charge in [0.05, 0.1) is 18.3 Å². The smallest absolute Gasteiger partial charge is 0.354 e. The number of nitrogens with zero attached hydrogens (tertiary/aromatic N) is 3. The Morgan fingerprint density at radius 3 is 2.46 bits per heavy atom. The predicted molar refractivity (Wildman–Crippen MR) is 108 cm³/mol. The van der Waals surface area contributed by atoms with Crippen LogP contribution in [-0.2, 0) is 0 Å². The summed E-state index contributed by atoms with van der Waals surface area (Å²) < 4.78 is 1.35. The molecule has 2 aromatic rings. The van der Waals surface area contributed by atoms with E-state index in [0.717, 1.165) is 18.5 Å². The minimum absolute atomic E-state index is 0.0181. The number of nitrogens with two attached hydrogens (primary N) is 4. The average Bonchev–Trinajstić information content (AvgIpc) is 2.64. The molecule has 0 fully saturated rings. The highest BCUT2D eigenvalue weighted by Gasteiger charge is 2.11. The van der Waals surface area contributed by atoms with Crippen LogP contribution >= 0.6 is 0 Å². The predicted octanol–water partition coefficient (Wildman–Crippen LogP) is -1.02. The Hall–Kier alpha value is -3.44. The molecule has 0 spiro atoms. The van der Waals surface area contributed by atoms with Gasteiger partial charge in [0.1, 0.15) is 5.82 Å². The van der Waals surface area contributed by atoms with Gasteiger partial charge in [0.2, 0.25) is 0 Å². The van der Waals surface area contributed by atoms with Crippen LogP contribution in [0.3, 0.4) is 0 Å². The number of hydrogen-bond acceptors (Lipinski definition) is 6. The molecule has 11 heteroatoms. The van der Waals surface area contributed by atoms with Crippen molar-refractivity contribution in [2.24, 2.45) is 27.9 Å². The minimum Gasteiger partial charge on any atom is -0.370 e. The van der Waals surface area contributed by atoms with Gasteiger partial charge in [-0.2, -0.15) is 4.98 Å². The summed E-state index contributed by atoms with van der Waals surface area (Å²) in [5.74, 6) is 0.108. The monoisotopic (exact) mass is 387 g/mol. The van der Waals surface area contributed by atoms with E-state index < -0.39 is 11.7 Å². The molecule has 0 radical (unpaired) electrons. The maximum atomic E-state index is 12.2. The van der Waals surface area contributed by atoms with Crippen LogP contribution in [0.5, 0.6) is 0 Å². The highest BCUT2D eigenvalue weighted by atomic mass is 16.2. The number of benzene rings is 1. The molecule has 10 N–H and O–H groups in total. The third-order valence-corrected chi connectivity index (χ3v) is 3.86. The minimum atomic E-state index is -0.789. The van der Waals surface area contributed by atoms with E-state index in [-0.39, 0.29) is 17.8 Å². The van der Waals surface area contributed by atoms with E-state index in [0.29, 0.717) is 18.8 Å². The van der Waals surface area contributed by atoms with Crippen molar-refractivity contribution in [1.29, 1.82) is 0 Å². The maximum absolute atomic E-state index is 12.2. The Morgan fingerprint density at radius 1 is 1.18 bits per heavy atom. The van der Waals surface area contributed by atoms with Gasteiger partial charge in [-0.3, -0.25) is 14.9 Å². The molecule has 28 heavy (non-hydrogen) atoms. The van der Waals surface area contributed by atoms with Crippen LogP contribution in [0.15, 0.2) is 46.3 Å². The van der Waals surface area contributed by atoms with Crippen LogP contribution in [0.1, 0.15) is 18.0 Å². The molecule has 1 heterocycles. The summed E-state index contributed by atoms with van der Waals surface area (Å²) in [5, 5.41) is 5.62. The summed E-state index contributed by atoms with van der Waals surface area (Å²) in [4.78, 5) is 30.9. The molecule has 1 atom stereocenters. The van der Waals surface area contributed by atoms with Crippen LogP contribution in [0.2, 0.25) is 0 Å². The first-order valence-corrected chi connectivity index (χ1v) is 8.66. The molecule has 0 bridgehead atoms. The molecule has 0 aliphatic carbocycles. The summed E-state index contributed by atoms with van der Waals surface area (Å²) in [6.45, 7) is 1.68. The van der Waals surface area contributed by atoms with Gasteiger partial charge in [0, 0.05) is 6.20 Å². The highest BCUT2D eigenvalue weighted by molar-refractivity contribution is 5.86. The molecule has 11 nitrogen and oxygen atoms in total. The van der Waals surface area contributed by atoms with Gasteiger partial charge in [-0.05, 0) is 43.3 Å². The number of carbonyl (C=O) groups excluding carboxylic acids is 1. The molecular formula is C17H25N9O2. The van der Waals surface area contributed by atoms with E-state index in [1.807, 2.05) is 12.1 Å². The zero-order chi connectivity index (χ0) is 20.5. The lowest BCUT2D eigenvalue weighted by molar-refractivity contribution is 0.259. The van der Waals surface area contributed by atoms with Crippen LogP contribution in [0, 0.1) is 0 Å². The number of urea groups is 1. The average molecular weight is 387 g/mol. The summed E-state index contributed by atoms with van der Waals surface area (Å²) in [5.41, 5.74) is 22.5. The van der Waals surface area contributed by atoms with Gasteiger partial charge in [-0.1, -0.05) is 12.1 Å². The van der Waals surface area contributed by atoms with E-state index >= 15 is 0 Å². The molecule has 1 aromatic heterocycles. The summed E-state index contributed by atoms with van der Waals surface area (Å²) in [6, 6.07) is 7.91. The Balaban J connectivity index is 2.21. The third kappa shape index (κ3) is 6.07. The second kappa shape index (κ2) is 10.0. The number of nitrogens with one attached hydrogen (secondary N) is 2. The van der Waals surface area contributed by atoms with Crippen molar-refractivity contribution < 1.29 is 4.79 Å². The lowest BCUT2D eigenvalue weighted by atomic mass is 10.1. The quantitative estimate of drug-likeness (QED) is 0.180. The molecule has 1 unspecified atom stereocenters. The number of anilines is 1. The Morgan fingerprint density at radius 2 is 1.89 bits per heavy atom. The number of primary amides is 1. The molecule has 0 aliphatic heterocycles. The van der Waals surface area contributed by atoms with Crippen LogP contribution in [0.25, 0.3) is 5.69 Å². The first kappa shape index (κ1) is 20.9. The summed E-state index contributed by atoms with van der Waals surface area (Å²) >= 11 is 0. The molecule has 2 rings (SSSR count). The van der Waals surface area contributed by atoms with Gasteiger partial charge in [0.15, 0.2) is 5.96 Å². The number of hydrogen-bond donors (Lipinski definition) is 6. The van der Waals surface area contributed by atoms with Crippen LogP contribution in [-0.4, -0.2) is 41.2 Å². The highest BCUT2D eigenvalue weighted by Crippen LogP contribution is 2.16. The van der Waals surface area contributed by atoms with Crippen molar-refractivity contribution in [2.45, 2.75) is 12.5 Å². The standard InChI is InChI=1S/C17H25N9O2/c18-7-1-8-22-13(10-23-15(19)20)11-2-4-12(5-3-11)26-9-6-14(24-16(21)27)25-17(26)28/h2-6,9,13,22H,1,7-8,10,18H2,(H4,19,20,23)(H3,21,24,25,27,28). The van der Waals surface area contributed by atoms with Gasteiger partial charge in [0.25, 0.3) is 0 Å². The molecule has 1 aromatic carbocycles. The van der Waals surface area contributed by atoms with Crippen molar-refractivity contribution in [2.75, 3.05) is 25.0 Å². The number of rotatable bonds is 9. The fourth-order valence-electron chi connectivity index (χ4n) is 2.53. The fraction of sp³-hybridized carbons (Fsp3) is 0.294. The Bertz CT molecular complexity index is 873. The second-order valence-electron chi connectivity index (χ2n) is 5.96. The number of aliphatic imine (C=N–C) groups is 1. The summed E-state index contributed by atoms with van der Waals surface area (Å²) in [6.07, 6.45) is 2.33. The zero-order valence-corrected chi connectivity index (χ0v) is 15.3. The SMILES string of the molecule is NCCCNC(CN=C(N)N)c1ccc(-n2ccc(NC(N)=O)nc2=O)cc1. The van der Waals surface area contributed by atoms with Gasteiger partial charge >= 0.3 is 11.7 Å². The van der Waals surface area contributed by atoms with Gasteiger partial charge in [-0.25, -0.2) is 9.59 Å². The fourth-order valence-corrected chi connectivity index (χ4v) is 2.53. The molecule has 0 saturated carbocycles. The number of guanidine groups is 1. The first-order valence-electron chi connectivity index (χ1n) is 8.66. The van der Waals surface area contributed by atoms with E-state index in [2.05, 4.69) is 20.6 Å². The van der Waals surface area contributed by atoms with Crippen molar-refractivity contribution >= 4 is 17.8 Å². The van der Waals surface area contributed by atoms with Gasteiger partial charge < -0.3 is 28.3 Å². The van der Waals surface area contributed by atoms with Crippen LogP contribution in [0.4, 0.5) is 10.6 Å². The normalized spacial score (nSPS) is 11.6. The maximum Gasteiger partial charge on any atom is 0.354 e. The number of carbonyl (C=O) groups is 1. The van der Waals surface area contributed by atoms with E-state index in [1.54, 1.807) is 12.1 Å². The number of amides is 2. The van der Waals surface area contributed by atoms with Gasteiger partial charge in [-0.15, -0.1) is 0 Å². The van der Waals surface area contributed by atoms with E-state index in [9.17, 15) is 9.59 Å². The molecule has 0 saturated heterocycles. The second-order valence-corrected chi connectivity index (χ2v) is 5.96. The third-order valence-electron chi connectivity index (χ3n) is 3.86. The van der Waals surface area contributed by atoms with E-state index in [1.165, 1.54) is 16.8 Å². The summed E-state index contributed by atoms with van der Waals surface area (Å²) in [7, 11) is 0. The molecule has 150 valence electrons. The van der Waals surface area contributed by atoms with Crippen molar-refractivity contribution in [3.8, 4) is 5.69 Å². The number of aromatic nitrogens is 2. The van der Waals surface area contributed by atoms with Crippen LogP contribution < -0.4 is 39.3 Å². The molecular weight excluding hydrogens is 362 g/mol. The lowest BCUT2D eigenvalue weighted by Gasteiger charge is -2.18. The topological polar surface area (TPSA) is 192 Å². The molecule has 0 aliphatic rings. The first-order chi connectivity index (χ1) is 13.4. The van der Waals surface area contributed by atoms with Crippen molar-refractivity contribution in [3.63, 3.8) is 0 Å². The zero-order valence-electron chi connectivity index (χ0n) is 15.3. The molecule has 2 amide bonds. The Labute approximate surface area is 161 Å². The van der Waals surface area contributed by atoms with E-state index in [4.69, 9.17) is 22.9 Å². The van der Waals surface area contributed by atoms with Crippen molar-refractivity contribution in [3.05, 3.63) is 52.6 Å². The Kier molecular flexibility index (Phi) is 7.48.